The first-order valence-corrected chi connectivity index (χ1v) is 10.3. The highest BCUT2D eigenvalue weighted by atomic mass is 16.5. The third kappa shape index (κ3) is 4.08. The number of nitrogens with zero attached hydrogens (tertiary/aromatic N) is 2. The van der Waals surface area contributed by atoms with E-state index in [9.17, 15) is 14.4 Å². The molecule has 0 atom stereocenters. The summed E-state index contributed by atoms with van der Waals surface area (Å²) in [5, 5.41) is 2.86. The highest BCUT2D eigenvalue weighted by molar-refractivity contribution is 6.09. The number of carbonyl (C=O) groups is 3. The molecular formula is C22H31N3O5. The average molecular weight is 418 g/mol. The Bertz CT molecular complexity index is 845. The molecule has 1 aromatic carbocycles. The van der Waals surface area contributed by atoms with Crippen LogP contribution in [0.15, 0.2) is 12.1 Å². The number of rotatable bonds is 6. The van der Waals surface area contributed by atoms with E-state index in [0.29, 0.717) is 36.8 Å². The third-order valence-corrected chi connectivity index (χ3v) is 6.34. The monoisotopic (exact) mass is 417 g/mol. The Hall–Kier alpha value is -2.77. The maximum absolute atomic E-state index is 13.0. The number of urea groups is 1. The van der Waals surface area contributed by atoms with Crippen molar-refractivity contribution in [2.75, 3.05) is 27.8 Å². The Morgan fingerprint density at radius 3 is 2.40 bits per heavy atom. The zero-order valence-electron chi connectivity index (χ0n) is 18.4. The molecule has 1 heterocycles. The van der Waals surface area contributed by atoms with Gasteiger partial charge in [0.1, 0.15) is 12.1 Å². The molecular weight excluding hydrogens is 386 g/mol. The second-order valence-corrected chi connectivity index (χ2v) is 8.47. The Balaban J connectivity index is 1.67. The molecule has 1 aliphatic heterocycles. The van der Waals surface area contributed by atoms with Gasteiger partial charge < -0.3 is 19.7 Å². The normalized spacial score (nSPS) is 23.5. The molecule has 3 rings (SSSR count). The molecule has 2 aliphatic rings. The fourth-order valence-electron chi connectivity index (χ4n) is 4.21. The molecule has 1 saturated carbocycles. The van der Waals surface area contributed by atoms with Gasteiger partial charge >= 0.3 is 6.03 Å². The van der Waals surface area contributed by atoms with Gasteiger partial charge in [0.2, 0.25) is 5.91 Å². The van der Waals surface area contributed by atoms with E-state index in [1.54, 1.807) is 21.3 Å². The number of hydrogen-bond donors (Lipinski definition) is 1. The topological polar surface area (TPSA) is 88.2 Å². The van der Waals surface area contributed by atoms with Gasteiger partial charge in [-0.2, -0.15) is 0 Å². The van der Waals surface area contributed by atoms with Crippen molar-refractivity contribution in [1.29, 1.82) is 0 Å². The summed E-state index contributed by atoms with van der Waals surface area (Å²) in [4.78, 5) is 40.8. The number of aryl methyl sites for hydroxylation is 1. The number of amides is 4. The number of ether oxygens (including phenoxy) is 2. The van der Waals surface area contributed by atoms with Crippen molar-refractivity contribution in [2.24, 2.45) is 5.92 Å². The Morgan fingerprint density at radius 1 is 1.20 bits per heavy atom. The molecule has 8 nitrogen and oxygen atoms in total. The minimum atomic E-state index is -0.831. The van der Waals surface area contributed by atoms with Gasteiger partial charge in [-0.25, -0.2) is 4.79 Å². The predicted molar refractivity (Wildman–Crippen MR) is 111 cm³/mol. The van der Waals surface area contributed by atoms with Crippen LogP contribution in [-0.4, -0.2) is 61.0 Å². The summed E-state index contributed by atoms with van der Waals surface area (Å²) >= 11 is 0. The minimum Gasteiger partial charge on any atom is -0.493 e. The smallest absolute Gasteiger partial charge is 0.325 e. The van der Waals surface area contributed by atoms with Crippen molar-refractivity contribution < 1.29 is 23.9 Å². The average Bonchev–Trinajstić information content (AvgIpc) is 2.95. The fourth-order valence-corrected chi connectivity index (χ4v) is 4.21. The van der Waals surface area contributed by atoms with E-state index in [0.717, 1.165) is 28.9 Å². The number of carbonyl (C=O) groups excluding carboxylic acids is 3. The van der Waals surface area contributed by atoms with Crippen LogP contribution in [0.4, 0.5) is 4.79 Å². The molecule has 0 bridgehead atoms. The molecule has 2 fully saturated rings. The zero-order valence-corrected chi connectivity index (χ0v) is 18.4. The van der Waals surface area contributed by atoms with Crippen LogP contribution in [0, 0.1) is 12.8 Å². The Morgan fingerprint density at radius 2 is 1.80 bits per heavy atom. The van der Waals surface area contributed by atoms with Crippen LogP contribution >= 0.6 is 0 Å². The van der Waals surface area contributed by atoms with Crippen LogP contribution < -0.4 is 14.8 Å². The standard InChI is InChI=1S/C22H31N3O5/c1-14-6-8-22(9-7-14)20(27)25(21(28)23-22)13-19(26)24(3)12-16-11-18(30-5)17(29-4)10-15(16)2/h10-11,14H,6-9,12-13H2,1-5H3,(H,23,28). The lowest BCUT2D eigenvalue weighted by Gasteiger charge is -2.33. The lowest BCUT2D eigenvalue weighted by Crippen LogP contribution is -2.50. The lowest BCUT2D eigenvalue weighted by atomic mass is 9.77. The summed E-state index contributed by atoms with van der Waals surface area (Å²) in [6.07, 6.45) is 3.05. The first-order valence-electron chi connectivity index (χ1n) is 10.3. The minimum absolute atomic E-state index is 0.259. The lowest BCUT2D eigenvalue weighted by molar-refractivity contribution is -0.139. The number of likely N-dealkylation sites (N-methyl/N-ethyl adjacent to an activating group) is 1. The largest absolute Gasteiger partial charge is 0.493 e. The van der Waals surface area contributed by atoms with Gasteiger partial charge in [-0.3, -0.25) is 14.5 Å². The van der Waals surface area contributed by atoms with E-state index in [1.165, 1.54) is 4.90 Å². The van der Waals surface area contributed by atoms with Gasteiger partial charge in [-0.05, 0) is 61.8 Å². The first kappa shape index (κ1) is 21.9. The van der Waals surface area contributed by atoms with Gasteiger partial charge in [0, 0.05) is 13.6 Å². The van der Waals surface area contributed by atoms with Crippen LogP contribution in [0.1, 0.15) is 43.7 Å². The molecule has 164 valence electrons. The highest BCUT2D eigenvalue weighted by Crippen LogP contribution is 2.36. The molecule has 1 spiro atoms. The molecule has 1 N–H and O–H groups in total. The van der Waals surface area contributed by atoms with Crippen LogP contribution in [0.2, 0.25) is 0 Å². The fraction of sp³-hybridized carbons (Fsp3) is 0.591. The summed E-state index contributed by atoms with van der Waals surface area (Å²) in [6.45, 7) is 4.16. The van der Waals surface area contributed by atoms with E-state index in [2.05, 4.69) is 12.2 Å². The molecule has 1 saturated heterocycles. The number of benzene rings is 1. The summed E-state index contributed by atoms with van der Waals surface area (Å²) < 4.78 is 10.7. The van der Waals surface area contributed by atoms with Crippen molar-refractivity contribution in [3.63, 3.8) is 0 Å². The van der Waals surface area contributed by atoms with Crippen molar-refractivity contribution in [2.45, 2.75) is 51.6 Å². The van der Waals surface area contributed by atoms with E-state index in [-0.39, 0.29) is 18.4 Å². The zero-order chi connectivity index (χ0) is 22.1. The van der Waals surface area contributed by atoms with Gasteiger partial charge in [0.05, 0.1) is 14.2 Å². The van der Waals surface area contributed by atoms with Gasteiger partial charge in [0.25, 0.3) is 5.91 Å². The SMILES string of the molecule is COc1cc(C)c(CN(C)C(=O)CN2C(=O)NC3(CCC(C)CC3)C2=O)cc1OC. The Labute approximate surface area is 177 Å². The summed E-state index contributed by atoms with van der Waals surface area (Å²) in [5.41, 5.74) is 1.03. The summed E-state index contributed by atoms with van der Waals surface area (Å²) in [7, 11) is 4.80. The number of methoxy groups -OCH3 is 2. The van der Waals surface area contributed by atoms with E-state index in [1.807, 2.05) is 19.1 Å². The molecule has 0 unspecified atom stereocenters. The molecule has 0 radical (unpaired) electrons. The van der Waals surface area contributed by atoms with Crippen LogP contribution in [-0.2, 0) is 16.1 Å². The second-order valence-electron chi connectivity index (χ2n) is 8.47. The molecule has 30 heavy (non-hydrogen) atoms. The van der Waals surface area contributed by atoms with Crippen LogP contribution in [0.5, 0.6) is 11.5 Å². The maximum atomic E-state index is 13.0. The van der Waals surface area contributed by atoms with E-state index >= 15 is 0 Å². The summed E-state index contributed by atoms with van der Waals surface area (Å²) in [6, 6.07) is 3.22. The van der Waals surface area contributed by atoms with Crippen molar-refractivity contribution in [1.82, 2.24) is 15.1 Å². The first-order chi connectivity index (χ1) is 14.2. The number of nitrogens with one attached hydrogen (secondary N) is 1. The van der Waals surface area contributed by atoms with Gasteiger partial charge in [0.15, 0.2) is 11.5 Å². The van der Waals surface area contributed by atoms with Crippen molar-refractivity contribution in [3.05, 3.63) is 23.3 Å². The van der Waals surface area contributed by atoms with Gasteiger partial charge in [-0.15, -0.1) is 0 Å². The van der Waals surface area contributed by atoms with Crippen molar-refractivity contribution >= 4 is 17.8 Å². The van der Waals surface area contributed by atoms with Crippen LogP contribution in [0.25, 0.3) is 0 Å². The molecule has 1 aliphatic carbocycles. The molecule has 0 aromatic heterocycles. The highest BCUT2D eigenvalue weighted by Gasteiger charge is 2.52. The maximum Gasteiger partial charge on any atom is 0.325 e. The van der Waals surface area contributed by atoms with Crippen LogP contribution in [0.3, 0.4) is 0 Å². The quantitative estimate of drug-likeness (QED) is 0.719. The Kier molecular flexibility index (Phi) is 6.24. The van der Waals surface area contributed by atoms with Crippen molar-refractivity contribution in [3.8, 4) is 11.5 Å². The third-order valence-electron chi connectivity index (χ3n) is 6.34. The number of imide groups is 1. The molecule has 1 aromatic rings. The second kappa shape index (κ2) is 8.53. The van der Waals surface area contributed by atoms with Gasteiger partial charge in [-0.1, -0.05) is 6.92 Å². The number of hydrogen-bond acceptors (Lipinski definition) is 5. The molecule has 8 heteroatoms. The predicted octanol–water partition coefficient (Wildman–Crippen LogP) is 2.47. The molecule has 4 amide bonds. The summed E-state index contributed by atoms with van der Waals surface area (Å²) in [5.74, 6) is 1.19. The van der Waals surface area contributed by atoms with E-state index < -0.39 is 11.6 Å². The van der Waals surface area contributed by atoms with E-state index in [4.69, 9.17) is 9.47 Å².